The van der Waals surface area contributed by atoms with Crippen molar-refractivity contribution in [1.82, 2.24) is 4.90 Å². The lowest BCUT2D eigenvalue weighted by Gasteiger charge is -2.31. The molecular formula is C25H26N2O6. The summed E-state index contributed by atoms with van der Waals surface area (Å²) in [6.45, 7) is 1.90. The predicted octanol–water partition coefficient (Wildman–Crippen LogP) is 3.85. The molecule has 8 heteroatoms. The standard InChI is InChI=1S/C25H26N2O6/c1-4-8-17-11-20-24(29)27(25(30)33-15-16-9-6-5-7-10-16)19-13-22(32-3)21(31-2)12-18(19)23(28)26(20)14-17/h4-10,12-14,20,24,29H,11,15H2,1-3H3. The van der Waals surface area contributed by atoms with Gasteiger partial charge in [0.15, 0.2) is 17.7 Å². The van der Waals surface area contributed by atoms with Crippen LogP contribution in [0, 0.1) is 0 Å². The maximum Gasteiger partial charge on any atom is 0.416 e. The highest BCUT2D eigenvalue weighted by Crippen LogP contribution is 2.41. The minimum Gasteiger partial charge on any atom is -0.493 e. The predicted molar refractivity (Wildman–Crippen MR) is 122 cm³/mol. The lowest BCUT2D eigenvalue weighted by Crippen LogP contribution is -2.50. The Balaban J connectivity index is 1.77. The number of methoxy groups -OCH3 is 2. The molecular weight excluding hydrogens is 424 g/mol. The molecule has 0 saturated carbocycles. The highest BCUT2D eigenvalue weighted by Gasteiger charge is 2.45. The van der Waals surface area contributed by atoms with Gasteiger partial charge in [-0.1, -0.05) is 42.5 Å². The number of ether oxygens (including phenoxy) is 3. The Kier molecular flexibility index (Phi) is 6.37. The van der Waals surface area contributed by atoms with Crippen molar-refractivity contribution in [3.05, 3.63) is 77.5 Å². The van der Waals surface area contributed by atoms with Crippen molar-refractivity contribution in [1.29, 1.82) is 0 Å². The number of fused-ring (bicyclic) bond motifs is 2. The molecule has 2 aliphatic heterocycles. The minimum atomic E-state index is -1.34. The third-order valence-corrected chi connectivity index (χ3v) is 5.72. The normalized spacial score (nSPS) is 19.6. The average molecular weight is 450 g/mol. The van der Waals surface area contributed by atoms with Crippen molar-refractivity contribution in [2.45, 2.75) is 32.2 Å². The van der Waals surface area contributed by atoms with Crippen LogP contribution in [0.25, 0.3) is 0 Å². The van der Waals surface area contributed by atoms with Gasteiger partial charge in [-0.15, -0.1) is 0 Å². The largest absolute Gasteiger partial charge is 0.493 e. The van der Waals surface area contributed by atoms with E-state index < -0.39 is 18.4 Å². The molecule has 0 radical (unpaired) electrons. The molecule has 2 heterocycles. The lowest BCUT2D eigenvalue weighted by atomic mass is 10.1. The van der Waals surface area contributed by atoms with Gasteiger partial charge in [-0.3, -0.25) is 4.79 Å². The average Bonchev–Trinajstić information content (AvgIpc) is 3.24. The second kappa shape index (κ2) is 9.38. The van der Waals surface area contributed by atoms with Crippen LogP contribution in [0.2, 0.25) is 0 Å². The number of hydrogen-bond donors (Lipinski definition) is 1. The van der Waals surface area contributed by atoms with Crippen LogP contribution in [0.3, 0.4) is 0 Å². The monoisotopic (exact) mass is 450 g/mol. The van der Waals surface area contributed by atoms with E-state index >= 15 is 0 Å². The number of aliphatic hydroxyl groups excluding tert-OH is 1. The zero-order valence-electron chi connectivity index (χ0n) is 18.7. The van der Waals surface area contributed by atoms with E-state index in [1.165, 1.54) is 31.3 Å². The number of anilines is 1. The van der Waals surface area contributed by atoms with Crippen molar-refractivity contribution in [3.63, 3.8) is 0 Å². The van der Waals surface area contributed by atoms with Gasteiger partial charge in [-0.25, -0.2) is 9.69 Å². The molecule has 1 N–H and O–H groups in total. The molecule has 0 saturated heterocycles. The topological polar surface area (TPSA) is 88.5 Å². The maximum atomic E-state index is 13.5. The number of carbonyl (C=O) groups is 2. The van der Waals surface area contributed by atoms with Crippen LogP contribution in [-0.4, -0.2) is 48.5 Å². The smallest absolute Gasteiger partial charge is 0.416 e. The van der Waals surface area contributed by atoms with Crippen LogP contribution in [0.15, 0.2) is 66.4 Å². The van der Waals surface area contributed by atoms with Gasteiger partial charge in [0.05, 0.1) is 31.5 Å². The molecule has 33 heavy (non-hydrogen) atoms. The Morgan fingerprint density at radius 1 is 1.15 bits per heavy atom. The van der Waals surface area contributed by atoms with Gasteiger partial charge < -0.3 is 24.2 Å². The van der Waals surface area contributed by atoms with Crippen LogP contribution >= 0.6 is 0 Å². The minimum absolute atomic E-state index is 0.0237. The van der Waals surface area contributed by atoms with Crippen molar-refractivity contribution in [2.24, 2.45) is 0 Å². The first-order valence-electron chi connectivity index (χ1n) is 10.6. The quantitative estimate of drug-likeness (QED) is 0.744. The molecule has 2 unspecified atom stereocenters. The highest BCUT2D eigenvalue weighted by molar-refractivity contribution is 6.06. The molecule has 8 nitrogen and oxygen atoms in total. The number of rotatable bonds is 5. The molecule has 2 aromatic carbocycles. The number of hydrogen-bond acceptors (Lipinski definition) is 6. The van der Waals surface area contributed by atoms with Crippen LogP contribution in [0.1, 0.15) is 29.3 Å². The highest BCUT2D eigenvalue weighted by atomic mass is 16.6. The Morgan fingerprint density at radius 3 is 2.52 bits per heavy atom. The van der Waals surface area contributed by atoms with Gasteiger partial charge in [0, 0.05) is 12.3 Å². The molecule has 0 spiro atoms. The summed E-state index contributed by atoms with van der Waals surface area (Å²) < 4.78 is 16.3. The third kappa shape index (κ3) is 4.17. The zero-order chi connectivity index (χ0) is 23.5. The summed E-state index contributed by atoms with van der Waals surface area (Å²) in [4.78, 5) is 29.4. The first-order valence-corrected chi connectivity index (χ1v) is 10.6. The Hall–Kier alpha value is -3.78. The molecule has 4 rings (SSSR count). The second-order valence-corrected chi connectivity index (χ2v) is 7.74. The molecule has 2 aromatic rings. The van der Waals surface area contributed by atoms with Crippen molar-refractivity contribution >= 4 is 17.7 Å². The second-order valence-electron chi connectivity index (χ2n) is 7.74. The van der Waals surface area contributed by atoms with Gasteiger partial charge in [0.1, 0.15) is 6.61 Å². The Morgan fingerprint density at radius 2 is 1.85 bits per heavy atom. The van der Waals surface area contributed by atoms with Gasteiger partial charge in [-0.05, 0) is 30.5 Å². The Labute approximate surface area is 192 Å². The zero-order valence-corrected chi connectivity index (χ0v) is 18.7. The summed E-state index contributed by atoms with van der Waals surface area (Å²) >= 11 is 0. The number of carbonyl (C=O) groups excluding carboxylic acids is 2. The van der Waals surface area contributed by atoms with E-state index in [0.717, 1.165) is 16.0 Å². The van der Waals surface area contributed by atoms with E-state index in [4.69, 9.17) is 14.2 Å². The van der Waals surface area contributed by atoms with E-state index in [0.29, 0.717) is 17.9 Å². The summed E-state index contributed by atoms with van der Waals surface area (Å²) in [5.41, 5.74) is 2.07. The van der Waals surface area contributed by atoms with Gasteiger partial charge in [-0.2, -0.15) is 0 Å². The number of amides is 2. The van der Waals surface area contributed by atoms with E-state index in [1.807, 2.05) is 49.4 Å². The fraction of sp³-hybridized carbons (Fsp3) is 0.280. The SMILES string of the molecule is CC=CC1=CN2C(=O)c3cc(OC)c(OC)cc3N(C(=O)OCc3ccccc3)C(O)C2C1. The molecule has 172 valence electrons. The summed E-state index contributed by atoms with van der Waals surface area (Å²) in [5, 5.41) is 11.3. The molecule has 2 amide bonds. The van der Waals surface area contributed by atoms with Crippen LogP contribution in [0.4, 0.5) is 10.5 Å². The maximum absolute atomic E-state index is 13.5. The van der Waals surface area contributed by atoms with E-state index in [1.54, 1.807) is 6.20 Å². The number of nitrogens with zero attached hydrogens (tertiary/aromatic N) is 2. The van der Waals surface area contributed by atoms with Gasteiger partial charge in [0.2, 0.25) is 0 Å². The fourth-order valence-electron chi connectivity index (χ4n) is 4.14. The van der Waals surface area contributed by atoms with Crippen LogP contribution in [0.5, 0.6) is 11.5 Å². The number of aliphatic hydroxyl groups is 1. The molecule has 0 aliphatic carbocycles. The first-order chi connectivity index (χ1) is 16.0. The molecule has 2 aliphatic rings. The lowest BCUT2D eigenvalue weighted by molar-refractivity contribution is 0.0545. The van der Waals surface area contributed by atoms with E-state index in [-0.39, 0.29) is 23.8 Å². The van der Waals surface area contributed by atoms with E-state index in [9.17, 15) is 14.7 Å². The summed E-state index contributed by atoms with van der Waals surface area (Å²) in [7, 11) is 2.93. The Bertz CT molecular complexity index is 1110. The molecule has 0 bridgehead atoms. The van der Waals surface area contributed by atoms with Crippen molar-refractivity contribution < 1.29 is 28.9 Å². The summed E-state index contributed by atoms with van der Waals surface area (Å²) in [6, 6.07) is 11.6. The molecule has 0 fully saturated rings. The van der Waals surface area contributed by atoms with Crippen LogP contribution in [-0.2, 0) is 11.3 Å². The fourth-order valence-corrected chi connectivity index (χ4v) is 4.14. The van der Waals surface area contributed by atoms with Crippen molar-refractivity contribution in [2.75, 3.05) is 19.1 Å². The summed E-state index contributed by atoms with van der Waals surface area (Å²) in [5.74, 6) is 0.309. The number of benzene rings is 2. The van der Waals surface area contributed by atoms with Crippen LogP contribution < -0.4 is 14.4 Å². The summed E-state index contributed by atoms with van der Waals surface area (Å²) in [6.07, 6.45) is 3.73. The number of allylic oxidation sites excluding steroid dienone is 2. The molecule has 2 atom stereocenters. The van der Waals surface area contributed by atoms with Gasteiger partial charge in [0.25, 0.3) is 5.91 Å². The first kappa shape index (κ1) is 22.4. The third-order valence-electron chi connectivity index (χ3n) is 5.72. The van der Waals surface area contributed by atoms with Crippen molar-refractivity contribution in [3.8, 4) is 11.5 Å². The van der Waals surface area contributed by atoms with E-state index in [2.05, 4.69) is 0 Å². The van der Waals surface area contributed by atoms with Gasteiger partial charge >= 0.3 is 6.09 Å². The molecule has 0 aromatic heterocycles.